The van der Waals surface area contributed by atoms with Crippen LogP contribution >= 0.6 is 55.1 Å². The summed E-state index contributed by atoms with van der Waals surface area (Å²) in [4.78, 5) is 63.7. The summed E-state index contributed by atoms with van der Waals surface area (Å²) in [6.45, 7) is 0. The van der Waals surface area contributed by atoms with E-state index in [1.54, 1.807) is 6.08 Å². The van der Waals surface area contributed by atoms with Crippen molar-refractivity contribution in [2.24, 2.45) is 17.8 Å². The van der Waals surface area contributed by atoms with E-state index in [1.165, 1.54) is 38.4 Å². The van der Waals surface area contributed by atoms with Gasteiger partial charge in [-0.25, -0.2) is 4.90 Å². The molecule has 15 heteroatoms. The monoisotopic (exact) mass is 755 g/mol. The molecule has 1 saturated carbocycles. The molecule has 3 fully saturated rings. The number of allylic oxidation sites excluding steroid dienone is 2. The number of methoxy groups -OCH3 is 1. The minimum absolute atomic E-state index is 0.0519. The highest BCUT2D eigenvalue weighted by Gasteiger charge is 2.76. The number of rotatable bonds is 4. The third-order valence-corrected chi connectivity index (χ3v) is 12.6. The molecule has 11 nitrogen and oxygen atoms in total. The van der Waals surface area contributed by atoms with Crippen LogP contribution in [0.1, 0.15) is 24.3 Å². The number of likely N-dealkylation sites (tertiary alicyclic amines) is 1. The maximum Gasteiger partial charge on any atom is 0.271 e. The van der Waals surface area contributed by atoms with E-state index in [1.807, 2.05) is 0 Å². The first-order chi connectivity index (χ1) is 20.2. The van der Waals surface area contributed by atoms with Crippen LogP contribution in [0.25, 0.3) is 0 Å². The summed E-state index contributed by atoms with van der Waals surface area (Å²) in [7, 11) is 2.63. The minimum Gasteiger partial charge on any atom is -0.503 e. The lowest BCUT2D eigenvalue weighted by atomic mass is 9.56. The number of ether oxygens (including phenoxy) is 1. The topological polar surface area (TPSA) is 147 Å². The number of alkyl halides is 2. The standard InChI is InChI=1S/C28H21Br2Cl2N3O8/c1-33-25(39)27(31)10-16-13(19(28(27,32)26(33)40)15-9-17(43-2)22(36)21(30)20(15)29)6-7-14-18(16)24(38)34(23(14)37)11-4-3-5-12(8-11)35(41)42/h3-6,8-9,14,16,18-19,36H,7,10H2,1-2H3. The number of non-ortho nitro benzene ring substituents is 1. The van der Waals surface area contributed by atoms with Gasteiger partial charge in [0.1, 0.15) is 0 Å². The zero-order valence-corrected chi connectivity index (χ0v) is 27.0. The van der Waals surface area contributed by atoms with E-state index in [0.717, 1.165) is 15.9 Å². The number of nitrogens with zero attached hydrogens (tertiary/aromatic N) is 3. The van der Waals surface area contributed by atoms with E-state index in [4.69, 9.17) is 27.9 Å². The third kappa shape index (κ3) is 3.83. The van der Waals surface area contributed by atoms with Gasteiger partial charge in [-0.3, -0.25) is 34.2 Å². The van der Waals surface area contributed by atoms with Gasteiger partial charge < -0.3 is 9.84 Å². The van der Waals surface area contributed by atoms with Gasteiger partial charge in [-0.15, -0.1) is 23.2 Å². The van der Waals surface area contributed by atoms with Gasteiger partial charge in [0.15, 0.2) is 21.2 Å². The molecule has 0 radical (unpaired) electrons. The van der Waals surface area contributed by atoms with Crippen molar-refractivity contribution in [2.75, 3.05) is 19.1 Å². The van der Waals surface area contributed by atoms with E-state index in [2.05, 4.69) is 31.9 Å². The number of carbonyl (C=O) groups excluding carboxylic acids is 4. The summed E-state index contributed by atoms with van der Waals surface area (Å²) >= 11 is 21.2. The smallest absolute Gasteiger partial charge is 0.271 e. The molecule has 2 aromatic rings. The number of phenols is 1. The second-order valence-corrected chi connectivity index (χ2v) is 13.8. The van der Waals surface area contributed by atoms with Crippen molar-refractivity contribution in [3.05, 3.63) is 66.6 Å². The predicted octanol–water partition coefficient (Wildman–Crippen LogP) is 5.03. The number of anilines is 1. The first-order valence-electron chi connectivity index (χ1n) is 13.0. The fourth-order valence-electron chi connectivity index (χ4n) is 7.07. The van der Waals surface area contributed by atoms with Crippen molar-refractivity contribution in [1.29, 1.82) is 0 Å². The van der Waals surface area contributed by atoms with Gasteiger partial charge in [-0.05, 0) is 68.3 Å². The number of phenolic OH excluding ortho intramolecular Hbond substituents is 1. The molecule has 2 aromatic carbocycles. The van der Waals surface area contributed by atoms with Gasteiger partial charge in [0.25, 0.3) is 17.5 Å². The Morgan fingerprint density at radius 3 is 2.42 bits per heavy atom. The molecule has 2 aliphatic heterocycles. The molecule has 43 heavy (non-hydrogen) atoms. The van der Waals surface area contributed by atoms with Crippen LogP contribution in [0.4, 0.5) is 11.4 Å². The van der Waals surface area contributed by atoms with Crippen molar-refractivity contribution in [2.45, 2.75) is 28.5 Å². The van der Waals surface area contributed by atoms with Crippen LogP contribution in [0.5, 0.6) is 11.5 Å². The predicted molar refractivity (Wildman–Crippen MR) is 161 cm³/mol. The van der Waals surface area contributed by atoms with Crippen molar-refractivity contribution in [3.8, 4) is 11.5 Å². The fourth-order valence-corrected chi connectivity index (χ4v) is 9.03. The fraction of sp³-hybridized carbons (Fsp3) is 0.357. The molecule has 2 heterocycles. The van der Waals surface area contributed by atoms with Crippen LogP contribution in [0.15, 0.2) is 50.9 Å². The van der Waals surface area contributed by atoms with Gasteiger partial charge in [-0.2, -0.15) is 0 Å². The van der Waals surface area contributed by atoms with Crippen LogP contribution in [0.3, 0.4) is 0 Å². The van der Waals surface area contributed by atoms with Crippen molar-refractivity contribution >= 4 is 90.1 Å². The molecule has 224 valence electrons. The van der Waals surface area contributed by atoms with Gasteiger partial charge in [0.2, 0.25) is 11.8 Å². The van der Waals surface area contributed by atoms with Crippen LogP contribution in [0.2, 0.25) is 0 Å². The summed E-state index contributed by atoms with van der Waals surface area (Å²) in [6.07, 6.45) is 1.65. The zero-order chi connectivity index (χ0) is 31.3. The lowest BCUT2D eigenvalue weighted by Gasteiger charge is -2.51. The highest BCUT2D eigenvalue weighted by Crippen LogP contribution is 2.66. The van der Waals surface area contributed by atoms with Gasteiger partial charge >= 0.3 is 0 Å². The van der Waals surface area contributed by atoms with E-state index >= 15 is 0 Å². The third-order valence-electron chi connectivity index (χ3n) is 9.02. The van der Waals surface area contributed by atoms with Crippen LogP contribution in [-0.2, 0) is 19.2 Å². The highest BCUT2D eigenvalue weighted by atomic mass is 79.9. The first-order valence-corrected chi connectivity index (χ1v) is 15.3. The molecule has 0 spiro atoms. The quantitative estimate of drug-likeness (QED) is 0.150. The molecule has 2 aliphatic carbocycles. The summed E-state index contributed by atoms with van der Waals surface area (Å²) < 4.78 is 5.89. The Balaban J connectivity index is 1.55. The second-order valence-electron chi connectivity index (χ2n) is 10.9. The van der Waals surface area contributed by atoms with Gasteiger partial charge in [-0.1, -0.05) is 17.7 Å². The van der Waals surface area contributed by atoms with E-state index in [-0.39, 0.29) is 40.2 Å². The van der Waals surface area contributed by atoms with Crippen LogP contribution in [-0.4, -0.2) is 62.5 Å². The van der Waals surface area contributed by atoms with Crippen molar-refractivity contribution in [3.63, 3.8) is 0 Å². The molecule has 6 atom stereocenters. The largest absolute Gasteiger partial charge is 0.503 e. The summed E-state index contributed by atoms with van der Waals surface area (Å²) in [5.41, 5.74) is 0.665. The Bertz CT molecular complexity index is 1720. The summed E-state index contributed by atoms with van der Waals surface area (Å²) in [5, 5.41) is 22.0. The Hall–Kier alpha value is -3.00. The zero-order valence-electron chi connectivity index (χ0n) is 22.3. The number of carbonyl (C=O) groups is 4. The number of nitro benzene ring substituents is 1. The Labute approximate surface area is 271 Å². The SMILES string of the molecule is COc1cc(C2C3=CCC4C(=O)N(c5cccc([N+](=O)[O-])c5)C(=O)C4C3CC3(Cl)C(=O)N(C)C(=O)C23Cl)c(Br)c(Br)c1O. The van der Waals surface area contributed by atoms with Gasteiger partial charge in [0, 0.05) is 29.6 Å². The average Bonchev–Trinajstić information content (AvgIpc) is 3.31. The number of fused-ring (bicyclic) bond motifs is 4. The molecule has 4 amide bonds. The first kappa shape index (κ1) is 30.0. The van der Waals surface area contributed by atoms with Crippen LogP contribution in [0, 0.1) is 27.9 Å². The molecule has 2 saturated heterocycles. The van der Waals surface area contributed by atoms with Gasteiger partial charge in [0.05, 0.1) is 34.0 Å². The molecule has 0 bridgehead atoms. The number of halogens is 4. The number of benzene rings is 2. The van der Waals surface area contributed by atoms with Crippen molar-refractivity contribution < 1.29 is 33.9 Å². The Morgan fingerprint density at radius 1 is 1.07 bits per heavy atom. The maximum atomic E-state index is 14.1. The number of aromatic hydroxyl groups is 1. The number of nitro groups is 1. The van der Waals surface area contributed by atoms with E-state index in [9.17, 15) is 34.4 Å². The lowest BCUT2D eigenvalue weighted by molar-refractivity contribution is -0.384. The minimum atomic E-state index is -2.04. The number of amides is 4. The highest BCUT2D eigenvalue weighted by molar-refractivity contribution is 9.13. The average molecular weight is 758 g/mol. The molecule has 6 rings (SSSR count). The summed E-state index contributed by atoms with van der Waals surface area (Å²) in [6, 6.07) is 6.72. The number of hydrogen-bond donors (Lipinski definition) is 1. The number of hydrogen-bond acceptors (Lipinski definition) is 8. The molecule has 4 aliphatic rings. The molecular formula is C28H21Br2Cl2N3O8. The molecule has 6 unspecified atom stereocenters. The molecule has 0 aromatic heterocycles. The molecule has 1 N–H and O–H groups in total. The maximum absolute atomic E-state index is 14.1. The molecular weight excluding hydrogens is 737 g/mol. The van der Waals surface area contributed by atoms with Crippen LogP contribution < -0.4 is 9.64 Å². The lowest BCUT2D eigenvalue weighted by Crippen LogP contribution is -2.60. The number of imide groups is 2. The normalized spacial score (nSPS) is 31.5. The van der Waals surface area contributed by atoms with Crippen molar-refractivity contribution in [1.82, 2.24) is 4.90 Å². The van der Waals surface area contributed by atoms with E-state index in [0.29, 0.717) is 15.6 Å². The summed E-state index contributed by atoms with van der Waals surface area (Å²) in [5.74, 6) is -6.49. The Morgan fingerprint density at radius 2 is 1.77 bits per heavy atom. The van der Waals surface area contributed by atoms with E-state index < -0.39 is 62.0 Å². The Kier molecular flexibility index (Phi) is 7.00. The second kappa shape index (κ2) is 10.0.